The van der Waals surface area contributed by atoms with E-state index >= 15 is 0 Å². The molecule has 2 rings (SSSR count). The number of aromatic nitrogens is 1. The molecular weight excluding hydrogens is 252 g/mol. The van der Waals surface area contributed by atoms with Crippen LogP contribution in [0.4, 0.5) is 5.82 Å². The molecule has 1 N–H and O–H groups in total. The molecule has 0 fully saturated rings. The minimum absolute atomic E-state index is 0.0527. The summed E-state index contributed by atoms with van der Waals surface area (Å²) in [5.74, 6) is 0.485. The largest absolute Gasteiger partial charge is 0.371 e. The minimum Gasteiger partial charge on any atom is -0.371 e. The molecule has 5 heteroatoms. The van der Waals surface area contributed by atoms with Crippen LogP contribution in [0.5, 0.6) is 0 Å². The number of nitrogens with zero attached hydrogens (tertiary/aromatic N) is 2. The number of ether oxygens (including phenoxy) is 1. The second-order valence-electron chi connectivity index (χ2n) is 4.59. The summed E-state index contributed by atoms with van der Waals surface area (Å²) < 4.78 is 5.68. The molecule has 2 atom stereocenters. The molecule has 0 radical (unpaired) electrons. The predicted molar refractivity (Wildman–Crippen MR) is 71.1 cm³/mol. The lowest BCUT2D eigenvalue weighted by Gasteiger charge is -2.23. The van der Waals surface area contributed by atoms with Gasteiger partial charge in [0.2, 0.25) is 0 Å². The Labute approximate surface area is 112 Å². The molecule has 0 saturated carbocycles. The standard InChI is InChI=1S/C13H17ClN2O2/c1-9(2)18-12-5-4-11(7-12)16(17)13-6-3-10(14)8-15-13/h3-6,8-9,11-12,17H,7H2,1-2H3/t11-,12-/m0/s1. The quantitative estimate of drug-likeness (QED) is 0.673. The average molecular weight is 269 g/mol. The summed E-state index contributed by atoms with van der Waals surface area (Å²) in [6.45, 7) is 4.00. The van der Waals surface area contributed by atoms with Gasteiger partial charge in [-0.3, -0.25) is 5.21 Å². The molecule has 1 aliphatic rings. The van der Waals surface area contributed by atoms with Gasteiger partial charge >= 0.3 is 0 Å². The summed E-state index contributed by atoms with van der Waals surface area (Å²) in [6.07, 6.45) is 6.38. The van der Waals surface area contributed by atoms with Crippen molar-refractivity contribution in [2.75, 3.05) is 5.06 Å². The summed E-state index contributed by atoms with van der Waals surface area (Å²) >= 11 is 5.76. The van der Waals surface area contributed by atoms with Crippen molar-refractivity contribution in [2.24, 2.45) is 0 Å². The molecule has 4 nitrogen and oxygen atoms in total. The number of hydroxylamine groups is 1. The predicted octanol–water partition coefficient (Wildman–Crippen LogP) is 3.05. The molecule has 0 spiro atoms. The van der Waals surface area contributed by atoms with Gasteiger partial charge < -0.3 is 4.74 Å². The van der Waals surface area contributed by atoms with Gasteiger partial charge in [0.25, 0.3) is 0 Å². The number of hydrogen-bond donors (Lipinski definition) is 1. The zero-order valence-corrected chi connectivity index (χ0v) is 11.2. The Balaban J connectivity index is 1.97. The lowest BCUT2D eigenvalue weighted by atomic mass is 10.2. The zero-order chi connectivity index (χ0) is 13.1. The van der Waals surface area contributed by atoms with Crippen LogP contribution in [0.3, 0.4) is 0 Å². The van der Waals surface area contributed by atoms with Crippen LogP contribution in [0, 0.1) is 0 Å². The van der Waals surface area contributed by atoms with Crippen molar-refractivity contribution >= 4 is 17.4 Å². The Bertz CT molecular complexity index is 420. The number of rotatable bonds is 4. The Kier molecular flexibility index (Phi) is 4.22. The van der Waals surface area contributed by atoms with E-state index in [2.05, 4.69) is 4.98 Å². The van der Waals surface area contributed by atoms with Gasteiger partial charge in [-0.2, -0.15) is 0 Å². The summed E-state index contributed by atoms with van der Waals surface area (Å²) in [6, 6.07) is 3.28. The first-order valence-corrected chi connectivity index (χ1v) is 6.37. The van der Waals surface area contributed by atoms with Crippen LogP contribution < -0.4 is 5.06 Å². The van der Waals surface area contributed by atoms with Crippen molar-refractivity contribution in [1.82, 2.24) is 4.98 Å². The van der Waals surface area contributed by atoms with Gasteiger partial charge in [-0.15, -0.1) is 0 Å². The number of hydrogen-bond acceptors (Lipinski definition) is 4. The molecule has 1 aliphatic carbocycles. The normalized spacial score (nSPS) is 22.7. The molecule has 0 aliphatic heterocycles. The Hall–Kier alpha value is -1.10. The van der Waals surface area contributed by atoms with Crippen molar-refractivity contribution in [1.29, 1.82) is 0 Å². The fourth-order valence-corrected chi connectivity index (χ4v) is 2.06. The Morgan fingerprint density at radius 1 is 1.44 bits per heavy atom. The SMILES string of the molecule is CC(C)O[C@H]1C=C[C@H](N(O)c2ccc(Cl)cn2)C1. The molecule has 1 aromatic heterocycles. The van der Waals surface area contributed by atoms with E-state index in [9.17, 15) is 5.21 Å². The summed E-state index contributed by atoms with van der Waals surface area (Å²) in [5, 5.41) is 11.8. The fourth-order valence-electron chi connectivity index (χ4n) is 1.95. The van der Waals surface area contributed by atoms with E-state index in [1.54, 1.807) is 12.1 Å². The molecule has 1 heterocycles. The first-order chi connectivity index (χ1) is 8.56. The molecule has 1 aromatic rings. The minimum atomic E-state index is -0.109. The van der Waals surface area contributed by atoms with Gasteiger partial charge in [0.15, 0.2) is 5.82 Å². The van der Waals surface area contributed by atoms with E-state index < -0.39 is 0 Å². The maximum atomic E-state index is 10.1. The van der Waals surface area contributed by atoms with Crippen molar-refractivity contribution in [3.8, 4) is 0 Å². The van der Waals surface area contributed by atoms with Crippen molar-refractivity contribution in [3.05, 3.63) is 35.5 Å². The van der Waals surface area contributed by atoms with Gasteiger partial charge in [-0.1, -0.05) is 23.8 Å². The molecule has 18 heavy (non-hydrogen) atoms. The third kappa shape index (κ3) is 3.22. The van der Waals surface area contributed by atoms with Crippen LogP contribution in [0.2, 0.25) is 5.02 Å². The van der Waals surface area contributed by atoms with E-state index in [4.69, 9.17) is 16.3 Å². The molecule has 0 unspecified atom stereocenters. The maximum Gasteiger partial charge on any atom is 0.152 e. The third-order valence-corrected chi connectivity index (χ3v) is 2.95. The second kappa shape index (κ2) is 5.69. The smallest absolute Gasteiger partial charge is 0.152 e. The third-order valence-electron chi connectivity index (χ3n) is 2.73. The topological polar surface area (TPSA) is 45.6 Å². The summed E-state index contributed by atoms with van der Waals surface area (Å²) in [5.41, 5.74) is 0. The van der Waals surface area contributed by atoms with Gasteiger partial charge in [0, 0.05) is 12.6 Å². The molecule has 0 aromatic carbocycles. The Morgan fingerprint density at radius 2 is 2.22 bits per heavy atom. The van der Waals surface area contributed by atoms with Crippen LogP contribution in [0.1, 0.15) is 20.3 Å². The first kappa shape index (κ1) is 13.3. The lowest BCUT2D eigenvalue weighted by molar-refractivity contribution is 0.0308. The van der Waals surface area contributed by atoms with E-state index in [0.717, 1.165) is 11.5 Å². The van der Waals surface area contributed by atoms with Gasteiger partial charge in [-0.25, -0.2) is 10.0 Å². The first-order valence-electron chi connectivity index (χ1n) is 5.99. The van der Waals surface area contributed by atoms with Crippen LogP contribution in [-0.4, -0.2) is 28.4 Å². The van der Waals surface area contributed by atoms with Gasteiger partial charge in [0.05, 0.1) is 23.3 Å². The van der Waals surface area contributed by atoms with E-state index in [0.29, 0.717) is 10.8 Å². The van der Waals surface area contributed by atoms with Crippen molar-refractivity contribution < 1.29 is 9.94 Å². The van der Waals surface area contributed by atoms with Crippen LogP contribution >= 0.6 is 11.6 Å². The number of pyridine rings is 1. The number of anilines is 1. The van der Waals surface area contributed by atoms with Crippen LogP contribution in [0.15, 0.2) is 30.5 Å². The molecule has 0 amide bonds. The summed E-state index contributed by atoms with van der Waals surface area (Å²) in [7, 11) is 0. The summed E-state index contributed by atoms with van der Waals surface area (Å²) in [4.78, 5) is 4.08. The highest BCUT2D eigenvalue weighted by atomic mass is 35.5. The second-order valence-corrected chi connectivity index (χ2v) is 5.03. The highest BCUT2D eigenvalue weighted by molar-refractivity contribution is 6.30. The van der Waals surface area contributed by atoms with Gasteiger partial charge in [0.1, 0.15) is 0 Å². The zero-order valence-electron chi connectivity index (χ0n) is 10.5. The molecule has 0 bridgehead atoms. The Morgan fingerprint density at radius 3 is 2.83 bits per heavy atom. The molecule has 98 valence electrons. The lowest BCUT2D eigenvalue weighted by Crippen LogP contribution is -2.31. The van der Waals surface area contributed by atoms with Gasteiger partial charge in [-0.05, 0) is 26.0 Å². The van der Waals surface area contributed by atoms with E-state index in [-0.39, 0.29) is 18.2 Å². The average Bonchev–Trinajstić information content (AvgIpc) is 2.76. The highest BCUT2D eigenvalue weighted by Gasteiger charge is 2.25. The van der Waals surface area contributed by atoms with Crippen LogP contribution in [-0.2, 0) is 4.74 Å². The molecule has 0 saturated heterocycles. The van der Waals surface area contributed by atoms with E-state index in [1.807, 2.05) is 26.0 Å². The maximum absolute atomic E-state index is 10.1. The highest BCUT2D eigenvalue weighted by Crippen LogP contribution is 2.23. The van der Waals surface area contributed by atoms with Crippen LogP contribution in [0.25, 0.3) is 0 Å². The van der Waals surface area contributed by atoms with E-state index in [1.165, 1.54) is 6.20 Å². The monoisotopic (exact) mass is 268 g/mol. The number of halogens is 1. The van der Waals surface area contributed by atoms with Crippen molar-refractivity contribution in [2.45, 2.75) is 38.5 Å². The molecular formula is C13H17ClN2O2. The van der Waals surface area contributed by atoms with Crippen molar-refractivity contribution in [3.63, 3.8) is 0 Å². The fraction of sp³-hybridized carbons (Fsp3) is 0.462.